The molecule has 1 aromatic carbocycles. The molecule has 0 fully saturated rings. The molecule has 0 aliphatic rings. The van der Waals surface area contributed by atoms with Crippen LogP contribution in [0.25, 0.3) is 0 Å². The van der Waals surface area contributed by atoms with Crippen molar-refractivity contribution in [2.45, 2.75) is 46.6 Å². The highest BCUT2D eigenvalue weighted by Gasteiger charge is 2.05. The van der Waals surface area contributed by atoms with Gasteiger partial charge in [0.1, 0.15) is 5.75 Å². The number of thiazole rings is 1. The maximum atomic E-state index is 5.70. The number of unbranched alkanes of at least 4 members (excludes halogenated alkanes) is 1. The van der Waals surface area contributed by atoms with E-state index in [1.165, 1.54) is 10.4 Å². The number of guanidine groups is 1. The number of nitrogens with zero attached hydrogens (tertiary/aromatic N) is 2. The molecule has 0 saturated heterocycles. The number of aromatic nitrogens is 1. The molecule has 1 heterocycles. The first-order valence-electron chi connectivity index (χ1n) is 9.21. The van der Waals surface area contributed by atoms with Crippen LogP contribution in [0, 0.1) is 13.8 Å². The van der Waals surface area contributed by atoms with Crippen molar-refractivity contribution >= 4 is 17.3 Å². The van der Waals surface area contributed by atoms with Gasteiger partial charge in [0.2, 0.25) is 0 Å². The molecule has 6 heteroatoms. The van der Waals surface area contributed by atoms with Crippen molar-refractivity contribution in [2.24, 2.45) is 4.99 Å². The summed E-state index contributed by atoms with van der Waals surface area (Å²) >= 11 is 1.73. The van der Waals surface area contributed by atoms with Gasteiger partial charge in [-0.05, 0) is 44.4 Å². The van der Waals surface area contributed by atoms with Crippen LogP contribution < -0.4 is 15.4 Å². The van der Waals surface area contributed by atoms with E-state index in [0.29, 0.717) is 0 Å². The summed E-state index contributed by atoms with van der Waals surface area (Å²) in [6.45, 7) is 8.62. The van der Waals surface area contributed by atoms with Gasteiger partial charge in [0.05, 0.1) is 23.9 Å². The minimum atomic E-state index is 0.751. The molecule has 2 aromatic rings. The van der Waals surface area contributed by atoms with Gasteiger partial charge in [0.15, 0.2) is 5.96 Å². The molecular weight excluding hydrogens is 344 g/mol. The Balaban J connectivity index is 1.72. The monoisotopic (exact) mass is 374 g/mol. The Bertz CT molecular complexity index is 694. The van der Waals surface area contributed by atoms with E-state index < -0.39 is 0 Å². The van der Waals surface area contributed by atoms with Crippen molar-refractivity contribution in [3.8, 4) is 5.75 Å². The van der Waals surface area contributed by atoms with Gasteiger partial charge in [-0.1, -0.05) is 25.5 Å². The zero-order valence-corrected chi connectivity index (χ0v) is 17.1. The highest BCUT2D eigenvalue weighted by atomic mass is 32.1. The lowest BCUT2D eigenvalue weighted by atomic mass is 10.1. The SMILES string of the molecule is CCCCOc1ccc(CCNC(=NC)NCc2sc(C)nc2C)cc1. The Morgan fingerprint density at radius 3 is 2.58 bits per heavy atom. The second-order valence-electron chi connectivity index (χ2n) is 6.19. The van der Waals surface area contributed by atoms with E-state index in [1.807, 2.05) is 26.0 Å². The summed E-state index contributed by atoms with van der Waals surface area (Å²) in [4.78, 5) is 9.99. The Labute approximate surface area is 160 Å². The molecule has 0 spiro atoms. The number of ether oxygens (including phenoxy) is 1. The topological polar surface area (TPSA) is 58.5 Å². The summed E-state index contributed by atoms with van der Waals surface area (Å²) in [5, 5.41) is 7.82. The molecule has 0 unspecified atom stereocenters. The summed E-state index contributed by atoms with van der Waals surface area (Å²) in [5.74, 6) is 1.76. The van der Waals surface area contributed by atoms with E-state index in [1.54, 1.807) is 18.4 Å². The largest absolute Gasteiger partial charge is 0.494 e. The van der Waals surface area contributed by atoms with Crippen molar-refractivity contribution in [2.75, 3.05) is 20.2 Å². The number of rotatable bonds is 9. The molecule has 5 nitrogen and oxygen atoms in total. The van der Waals surface area contributed by atoms with E-state index in [2.05, 4.69) is 39.7 Å². The summed E-state index contributed by atoms with van der Waals surface area (Å²) in [5.41, 5.74) is 2.38. The maximum absolute atomic E-state index is 5.70. The maximum Gasteiger partial charge on any atom is 0.191 e. The number of hydrogen-bond acceptors (Lipinski definition) is 4. The van der Waals surface area contributed by atoms with Crippen LogP contribution in [0.4, 0.5) is 0 Å². The van der Waals surface area contributed by atoms with Crippen LogP contribution in [0.3, 0.4) is 0 Å². The number of nitrogens with one attached hydrogen (secondary N) is 2. The average molecular weight is 375 g/mol. The molecule has 0 bridgehead atoms. The lowest BCUT2D eigenvalue weighted by molar-refractivity contribution is 0.309. The van der Waals surface area contributed by atoms with Crippen LogP contribution in [-0.2, 0) is 13.0 Å². The molecule has 0 saturated carbocycles. The Morgan fingerprint density at radius 1 is 1.19 bits per heavy atom. The predicted octanol–water partition coefficient (Wildman–Crippen LogP) is 3.85. The second-order valence-corrected chi connectivity index (χ2v) is 7.48. The lowest BCUT2D eigenvalue weighted by Crippen LogP contribution is -2.37. The summed E-state index contributed by atoms with van der Waals surface area (Å²) in [7, 11) is 1.79. The Morgan fingerprint density at radius 2 is 1.96 bits per heavy atom. The van der Waals surface area contributed by atoms with Gasteiger partial charge in [-0.3, -0.25) is 4.99 Å². The first-order chi connectivity index (χ1) is 12.6. The van der Waals surface area contributed by atoms with Crippen molar-refractivity contribution in [3.63, 3.8) is 0 Å². The van der Waals surface area contributed by atoms with Gasteiger partial charge < -0.3 is 15.4 Å². The minimum absolute atomic E-state index is 0.751. The van der Waals surface area contributed by atoms with Crippen LogP contribution in [0.1, 0.15) is 40.9 Å². The van der Waals surface area contributed by atoms with Gasteiger partial charge >= 0.3 is 0 Å². The molecule has 2 rings (SSSR count). The molecule has 0 aliphatic heterocycles. The van der Waals surface area contributed by atoms with E-state index in [9.17, 15) is 0 Å². The fraction of sp³-hybridized carbons (Fsp3) is 0.500. The molecule has 0 amide bonds. The minimum Gasteiger partial charge on any atom is -0.494 e. The van der Waals surface area contributed by atoms with Crippen LogP contribution in [0.15, 0.2) is 29.3 Å². The highest BCUT2D eigenvalue weighted by Crippen LogP contribution is 2.16. The number of benzene rings is 1. The van der Waals surface area contributed by atoms with Crippen LogP contribution in [-0.4, -0.2) is 31.1 Å². The lowest BCUT2D eigenvalue weighted by Gasteiger charge is -2.12. The van der Waals surface area contributed by atoms with E-state index in [-0.39, 0.29) is 0 Å². The molecule has 0 atom stereocenters. The van der Waals surface area contributed by atoms with Crippen molar-refractivity contribution < 1.29 is 4.74 Å². The Hall–Kier alpha value is -2.08. The molecule has 0 radical (unpaired) electrons. The first kappa shape index (κ1) is 20.2. The summed E-state index contributed by atoms with van der Waals surface area (Å²) in [6, 6.07) is 8.35. The van der Waals surface area contributed by atoms with E-state index in [0.717, 1.165) is 61.4 Å². The Kier molecular flexibility index (Phi) is 8.41. The standard InChI is InChI=1S/C20H30N4OS/c1-5-6-13-25-18-9-7-17(8-10-18)11-12-22-20(21-4)23-14-19-15(2)24-16(3)26-19/h7-10H,5-6,11-14H2,1-4H3,(H2,21,22,23). The fourth-order valence-corrected chi connectivity index (χ4v) is 3.41. The third-order valence-corrected chi connectivity index (χ3v) is 5.11. The third-order valence-electron chi connectivity index (χ3n) is 4.04. The quantitative estimate of drug-likeness (QED) is 0.398. The zero-order valence-electron chi connectivity index (χ0n) is 16.3. The molecule has 2 N–H and O–H groups in total. The van der Waals surface area contributed by atoms with E-state index in [4.69, 9.17) is 4.74 Å². The number of aliphatic imine (C=N–C) groups is 1. The van der Waals surface area contributed by atoms with Crippen molar-refractivity contribution in [3.05, 3.63) is 45.4 Å². The zero-order chi connectivity index (χ0) is 18.8. The van der Waals surface area contributed by atoms with Gasteiger partial charge in [-0.2, -0.15) is 0 Å². The van der Waals surface area contributed by atoms with Crippen molar-refractivity contribution in [1.29, 1.82) is 0 Å². The molecule has 142 valence electrons. The molecule has 0 aliphatic carbocycles. The van der Waals surface area contributed by atoms with Gasteiger partial charge in [0, 0.05) is 18.5 Å². The smallest absolute Gasteiger partial charge is 0.191 e. The summed E-state index contributed by atoms with van der Waals surface area (Å²) < 4.78 is 5.70. The highest BCUT2D eigenvalue weighted by molar-refractivity contribution is 7.11. The molecule has 1 aromatic heterocycles. The summed E-state index contributed by atoms with van der Waals surface area (Å²) in [6.07, 6.45) is 3.19. The van der Waals surface area contributed by atoms with Gasteiger partial charge in [-0.25, -0.2) is 4.98 Å². The van der Waals surface area contributed by atoms with Crippen LogP contribution in [0.5, 0.6) is 5.75 Å². The molecular formula is C20H30N4OS. The number of aryl methyl sites for hydroxylation is 2. The van der Waals surface area contributed by atoms with E-state index >= 15 is 0 Å². The van der Waals surface area contributed by atoms with Crippen molar-refractivity contribution in [1.82, 2.24) is 15.6 Å². The second kappa shape index (κ2) is 10.8. The third kappa shape index (κ3) is 6.67. The first-order valence-corrected chi connectivity index (χ1v) is 10.0. The van der Waals surface area contributed by atoms with Crippen LogP contribution in [0.2, 0.25) is 0 Å². The van der Waals surface area contributed by atoms with Crippen LogP contribution >= 0.6 is 11.3 Å². The van der Waals surface area contributed by atoms with Gasteiger partial charge in [-0.15, -0.1) is 11.3 Å². The number of hydrogen-bond donors (Lipinski definition) is 2. The molecule has 26 heavy (non-hydrogen) atoms. The predicted molar refractivity (Wildman–Crippen MR) is 110 cm³/mol. The normalized spacial score (nSPS) is 11.5. The fourth-order valence-electron chi connectivity index (χ4n) is 2.53. The van der Waals surface area contributed by atoms with Gasteiger partial charge in [0.25, 0.3) is 0 Å². The average Bonchev–Trinajstić information content (AvgIpc) is 2.96.